The lowest BCUT2D eigenvalue weighted by Gasteiger charge is -2.29. The Bertz CT molecular complexity index is 1180. The summed E-state index contributed by atoms with van der Waals surface area (Å²) >= 11 is 0. The Morgan fingerprint density at radius 2 is 1.86 bits per heavy atom. The fourth-order valence-corrected chi connectivity index (χ4v) is 4.99. The van der Waals surface area contributed by atoms with Crippen molar-refractivity contribution in [3.8, 4) is 11.5 Å². The van der Waals surface area contributed by atoms with E-state index in [1.165, 1.54) is 4.31 Å². The lowest BCUT2D eigenvalue weighted by Crippen LogP contribution is -2.47. The van der Waals surface area contributed by atoms with Gasteiger partial charge in [-0.15, -0.1) is 0 Å². The zero-order valence-electron chi connectivity index (χ0n) is 21.3. The highest BCUT2D eigenvalue weighted by Crippen LogP contribution is 2.36. The molecule has 1 aliphatic heterocycles. The maximum atomic E-state index is 13.3. The van der Waals surface area contributed by atoms with E-state index in [0.717, 1.165) is 23.8 Å². The van der Waals surface area contributed by atoms with Crippen LogP contribution in [0.4, 0.5) is 5.69 Å². The van der Waals surface area contributed by atoms with Crippen molar-refractivity contribution in [2.75, 3.05) is 30.4 Å². The lowest BCUT2D eigenvalue weighted by molar-refractivity contribution is -0.140. The molecule has 0 aromatic heterocycles. The van der Waals surface area contributed by atoms with E-state index in [1.54, 1.807) is 30.0 Å². The Morgan fingerprint density at radius 1 is 1.11 bits per heavy atom. The molecule has 36 heavy (non-hydrogen) atoms. The number of carbonyl (C=O) groups excluding carboxylic acids is 2. The third-order valence-electron chi connectivity index (χ3n) is 5.95. The van der Waals surface area contributed by atoms with E-state index < -0.39 is 16.1 Å². The minimum Gasteiger partial charge on any atom is -0.454 e. The van der Waals surface area contributed by atoms with Gasteiger partial charge in [-0.05, 0) is 44.4 Å². The summed E-state index contributed by atoms with van der Waals surface area (Å²) < 4.78 is 37.0. The van der Waals surface area contributed by atoms with Gasteiger partial charge in [-0.2, -0.15) is 0 Å². The normalized spacial score (nSPS) is 13.2. The number of rotatable bonds is 12. The van der Waals surface area contributed by atoms with Crippen LogP contribution in [-0.2, 0) is 26.2 Å². The first-order chi connectivity index (χ1) is 17.1. The van der Waals surface area contributed by atoms with E-state index >= 15 is 0 Å². The quantitative estimate of drug-likeness (QED) is 0.464. The predicted molar refractivity (Wildman–Crippen MR) is 138 cm³/mol. The largest absolute Gasteiger partial charge is 0.454 e. The number of benzene rings is 2. The van der Waals surface area contributed by atoms with Crippen LogP contribution in [-0.4, -0.2) is 57.3 Å². The van der Waals surface area contributed by atoms with Gasteiger partial charge >= 0.3 is 0 Å². The summed E-state index contributed by atoms with van der Waals surface area (Å²) in [6, 6.07) is 12.1. The first-order valence-electron chi connectivity index (χ1n) is 12.1. The number of hydrogen-bond acceptors (Lipinski definition) is 6. The van der Waals surface area contributed by atoms with Crippen LogP contribution in [0.15, 0.2) is 42.5 Å². The number of nitrogens with one attached hydrogen (secondary N) is 1. The third kappa shape index (κ3) is 7.13. The lowest BCUT2D eigenvalue weighted by atomic mass is 10.1. The van der Waals surface area contributed by atoms with Crippen LogP contribution in [0.5, 0.6) is 11.5 Å². The summed E-state index contributed by atoms with van der Waals surface area (Å²) in [5.74, 6) is 0.615. The molecule has 0 saturated heterocycles. The Morgan fingerprint density at radius 3 is 2.56 bits per heavy atom. The Kier molecular flexibility index (Phi) is 9.19. The van der Waals surface area contributed by atoms with Crippen molar-refractivity contribution in [3.05, 3.63) is 53.6 Å². The second-order valence-electron chi connectivity index (χ2n) is 8.95. The number of aryl methyl sites for hydroxylation is 1. The second kappa shape index (κ2) is 12.1. The van der Waals surface area contributed by atoms with Gasteiger partial charge in [0.15, 0.2) is 11.5 Å². The molecule has 0 spiro atoms. The predicted octanol–water partition coefficient (Wildman–Crippen LogP) is 3.21. The smallest absolute Gasteiger partial charge is 0.242 e. The molecule has 1 unspecified atom stereocenters. The average Bonchev–Trinajstić information content (AvgIpc) is 3.30. The fourth-order valence-electron chi connectivity index (χ4n) is 4.03. The summed E-state index contributed by atoms with van der Waals surface area (Å²) in [5.41, 5.74) is 2.44. The number of nitrogens with zero attached hydrogens (tertiary/aromatic N) is 2. The van der Waals surface area contributed by atoms with Crippen LogP contribution in [0, 0.1) is 6.92 Å². The molecule has 1 atom stereocenters. The highest BCUT2D eigenvalue weighted by molar-refractivity contribution is 7.92. The molecule has 0 saturated carbocycles. The average molecular weight is 518 g/mol. The highest BCUT2D eigenvalue weighted by Gasteiger charge is 2.27. The van der Waals surface area contributed by atoms with Crippen LogP contribution < -0.4 is 19.1 Å². The Balaban J connectivity index is 1.72. The standard InChI is InChI=1S/C26H35N3O6S/c1-5-13-27-26(31)20(3)28(17-21-9-6-8-19(2)15-21)25(30)10-7-14-29(36(4,32)33)22-11-12-23-24(16-22)35-18-34-23/h6,8-9,11-12,15-16,20H,5,7,10,13-14,17-18H2,1-4H3,(H,27,31). The van der Waals surface area contributed by atoms with E-state index in [-0.39, 0.29) is 38.0 Å². The first kappa shape index (κ1) is 27.3. The van der Waals surface area contributed by atoms with Gasteiger partial charge in [0.05, 0.1) is 11.9 Å². The summed E-state index contributed by atoms with van der Waals surface area (Å²) in [4.78, 5) is 27.6. The van der Waals surface area contributed by atoms with Gasteiger partial charge < -0.3 is 19.7 Å². The Labute approximate surface area is 213 Å². The molecule has 1 heterocycles. The van der Waals surface area contributed by atoms with E-state index in [1.807, 2.05) is 38.1 Å². The molecule has 3 rings (SSSR count). The minimum atomic E-state index is -3.60. The molecule has 0 aliphatic carbocycles. The molecule has 0 radical (unpaired) electrons. The summed E-state index contributed by atoms with van der Waals surface area (Å²) in [7, 11) is -3.60. The molecule has 10 heteroatoms. The van der Waals surface area contributed by atoms with Crippen molar-refractivity contribution < 1.29 is 27.5 Å². The second-order valence-corrected chi connectivity index (χ2v) is 10.9. The van der Waals surface area contributed by atoms with E-state index in [9.17, 15) is 18.0 Å². The van der Waals surface area contributed by atoms with Crippen LogP contribution in [0.3, 0.4) is 0 Å². The van der Waals surface area contributed by atoms with Gasteiger partial charge in [-0.1, -0.05) is 36.8 Å². The van der Waals surface area contributed by atoms with E-state index in [2.05, 4.69) is 5.32 Å². The number of hydrogen-bond donors (Lipinski definition) is 1. The molecule has 2 aromatic carbocycles. The molecule has 1 N–H and O–H groups in total. The van der Waals surface area contributed by atoms with Gasteiger partial charge in [0.25, 0.3) is 0 Å². The maximum absolute atomic E-state index is 13.3. The number of amides is 2. The van der Waals surface area contributed by atoms with Crippen molar-refractivity contribution in [1.82, 2.24) is 10.2 Å². The van der Waals surface area contributed by atoms with Crippen LogP contribution >= 0.6 is 0 Å². The van der Waals surface area contributed by atoms with Crippen molar-refractivity contribution in [3.63, 3.8) is 0 Å². The van der Waals surface area contributed by atoms with Crippen molar-refractivity contribution in [2.45, 2.75) is 52.6 Å². The molecule has 0 bridgehead atoms. The van der Waals surface area contributed by atoms with Gasteiger partial charge in [-0.25, -0.2) is 8.42 Å². The number of sulfonamides is 1. The fraction of sp³-hybridized carbons (Fsp3) is 0.462. The number of fused-ring (bicyclic) bond motifs is 1. The van der Waals surface area contributed by atoms with Crippen LogP contribution in [0.2, 0.25) is 0 Å². The van der Waals surface area contributed by atoms with Crippen molar-refractivity contribution in [1.29, 1.82) is 0 Å². The first-order valence-corrected chi connectivity index (χ1v) is 13.9. The minimum absolute atomic E-state index is 0.0902. The van der Waals surface area contributed by atoms with Gasteiger partial charge in [0, 0.05) is 32.1 Å². The highest BCUT2D eigenvalue weighted by atomic mass is 32.2. The monoisotopic (exact) mass is 517 g/mol. The molecular weight excluding hydrogens is 482 g/mol. The van der Waals surface area contributed by atoms with Crippen molar-refractivity contribution >= 4 is 27.5 Å². The molecule has 9 nitrogen and oxygen atoms in total. The SMILES string of the molecule is CCCNC(=O)C(C)N(Cc1cccc(C)c1)C(=O)CCCN(c1ccc2c(c1)OCO2)S(C)(=O)=O. The third-order valence-corrected chi connectivity index (χ3v) is 7.14. The van der Waals surface area contributed by atoms with E-state index in [4.69, 9.17) is 9.47 Å². The number of ether oxygens (including phenoxy) is 2. The Hall–Kier alpha value is -3.27. The van der Waals surface area contributed by atoms with E-state index in [0.29, 0.717) is 30.3 Å². The molecule has 196 valence electrons. The maximum Gasteiger partial charge on any atom is 0.242 e. The molecule has 1 aliphatic rings. The van der Waals surface area contributed by atoms with Crippen molar-refractivity contribution in [2.24, 2.45) is 0 Å². The van der Waals surface area contributed by atoms with Gasteiger partial charge in [-0.3, -0.25) is 13.9 Å². The molecule has 2 aromatic rings. The molecular formula is C26H35N3O6S. The van der Waals surface area contributed by atoms with Crippen LogP contribution in [0.1, 0.15) is 44.2 Å². The molecule has 2 amide bonds. The topological polar surface area (TPSA) is 105 Å². The van der Waals surface area contributed by atoms with Crippen LogP contribution in [0.25, 0.3) is 0 Å². The van der Waals surface area contributed by atoms with Gasteiger partial charge in [0.1, 0.15) is 6.04 Å². The zero-order chi connectivity index (χ0) is 26.3. The molecule has 0 fully saturated rings. The zero-order valence-corrected chi connectivity index (χ0v) is 22.1. The summed E-state index contributed by atoms with van der Waals surface area (Å²) in [6.07, 6.45) is 2.30. The number of anilines is 1. The summed E-state index contributed by atoms with van der Waals surface area (Å²) in [5, 5.41) is 2.86. The van der Waals surface area contributed by atoms with Gasteiger partial charge in [0.2, 0.25) is 28.6 Å². The number of carbonyl (C=O) groups is 2. The summed E-state index contributed by atoms with van der Waals surface area (Å²) in [6.45, 7) is 6.69.